The average Bonchev–Trinajstić information content (AvgIpc) is 3.07. The van der Waals surface area contributed by atoms with E-state index in [0.29, 0.717) is 12.8 Å². The summed E-state index contributed by atoms with van der Waals surface area (Å²) in [5.74, 6) is -0.585. The van der Waals surface area contributed by atoms with Gasteiger partial charge in [-0.25, -0.2) is 0 Å². The molecule has 0 radical (unpaired) electrons. The first-order chi connectivity index (χ1) is 23.0. The summed E-state index contributed by atoms with van der Waals surface area (Å²) in [5.41, 5.74) is 0. The lowest BCUT2D eigenvalue weighted by Gasteiger charge is -2.27. The molecule has 0 saturated carbocycles. The van der Waals surface area contributed by atoms with Crippen LogP contribution in [0.4, 0.5) is 0 Å². The summed E-state index contributed by atoms with van der Waals surface area (Å²) in [5, 5.41) is 43.1. The molecular formula is C41H83NO5. The van der Waals surface area contributed by atoms with Gasteiger partial charge in [-0.05, 0) is 12.8 Å². The molecule has 0 rings (SSSR count). The number of unbranched alkanes of at least 4 members (excludes halogenated alkanes) is 29. The molecule has 0 saturated heterocycles. The Morgan fingerprint density at radius 2 is 0.723 bits per heavy atom. The van der Waals surface area contributed by atoms with Gasteiger partial charge in [0.2, 0.25) is 5.91 Å². The molecule has 6 heteroatoms. The van der Waals surface area contributed by atoms with Crippen LogP contribution in [0.5, 0.6) is 0 Å². The van der Waals surface area contributed by atoms with Crippen molar-refractivity contribution < 1.29 is 25.2 Å². The molecule has 0 aliphatic rings. The predicted octanol–water partition coefficient (Wildman–Crippen LogP) is 10.5. The average molecular weight is 670 g/mol. The maximum Gasteiger partial charge on any atom is 0.249 e. The Labute approximate surface area is 292 Å². The third-order valence-electron chi connectivity index (χ3n) is 10.1. The van der Waals surface area contributed by atoms with Crippen molar-refractivity contribution in [2.24, 2.45) is 0 Å². The molecule has 0 aromatic carbocycles. The molecule has 0 bridgehead atoms. The van der Waals surface area contributed by atoms with Crippen LogP contribution in [0.15, 0.2) is 0 Å². The van der Waals surface area contributed by atoms with Crippen molar-refractivity contribution in [2.75, 3.05) is 6.61 Å². The zero-order chi connectivity index (χ0) is 34.6. The summed E-state index contributed by atoms with van der Waals surface area (Å²) in [6, 6.07) is -0.975. The number of amides is 1. The molecule has 282 valence electrons. The molecular weight excluding hydrogens is 586 g/mol. The number of rotatable bonds is 38. The van der Waals surface area contributed by atoms with Crippen molar-refractivity contribution >= 4 is 5.91 Å². The van der Waals surface area contributed by atoms with E-state index in [1.807, 2.05) is 0 Å². The molecule has 0 heterocycles. The highest BCUT2D eigenvalue weighted by Gasteiger charge is 2.28. The van der Waals surface area contributed by atoms with Gasteiger partial charge in [-0.2, -0.15) is 0 Å². The van der Waals surface area contributed by atoms with Crippen LogP contribution >= 0.6 is 0 Å². The normalized spacial score (nSPS) is 14.3. The highest BCUT2D eigenvalue weighted by atomic mass is 16.3. The van der Waals surface area contributed by atoms with Gasteiger partial charge < -0.3 is 25.7 Å². The highest BCUT2D eigenvalue weighted by Crippen LogP contribution is 2.17. The van der Waals surface area contributed by atoms with Gasteiger partial charge in [0.15, 0.2) is 0 Å². The number of carbonyl (C=O) groups excluding carboxylic acids is 1. The van der Waals surface area contributed by atoms with E-state index in [0.717, 1.165) is 51.4 Å². The number of nitrogens with one attached hydrogen (secondary N) is 1. The Bertz CT molecular complexity index is 633. The van der Waals surface area contributed by atoms with E-state index in [2.05, 4.69) is 19.2 Å². The fraction of sp³-hybridized carbons (Fsp3) is 0.976. The van der Waals surface area contributed by atoms with Gasteiger partial charge in [-0.1, -0.05) is 213 Å². The first-order valence-corrected chi connectivity index (χ1v) is 20.9. The van der Waals surface area contributed by atoms with E-state index in [9.17, 15) is 25.2 Å². The number of aliphatic hydroxyl groups excluding tert-OH is 4. The zero-order valence-corrected chi connectivity index (χ0v) is 31.5. The fourth-order valence-corrected chi connectivity index (χ4v) is 6.70. The van der Waals surface area contributed by atoms with Gasteiger partial charge in [0.05, 0.1) is 18.8 Å². The summed E-state index contributed by atoms with van der Waals surface area (Å²) in [7, 11) is 0. The van der Waals surface area contributed by atoms with Gasteiger partial charge in [0.1, 0.15) is 12.2 Å². The van der Waals surface area contributed by atoms with Crippen LogP contribution in [0.2, 0.25) is 0 Å². The minimum atomic E-state index is -1.25. The number of aliphatic hydroxyl groups is 4. The van der Waals surface area contributed by atoms with Crippen molar-refractivity contribution in [1.82, 2.24) is 5.32 Å². The van der Waals surface area contributed by atoms with Crippen molar-refractivity contribution in [3.8, 4) is 0 Å². The van der Waals surface area contributed by atoms with Crippen LogP contribution in [0.25, 0.3) is 0 Å². The number of hydrogen-bond acceptors (Lipinski definition) is 5. The molecule has 6 nitrogen and oxygen atoms in total. The topological polar surface area (TPSA) is 110 Å². The van der Waals surface area contributed by atoms with Crippen molar-refractivity contribution in [1.29, 1.82) is 0 Å². The Kier molecular flexibility index (Phi) is 36.0. The van der Waals surface area contributed by atoms with Gasteiger partial charge in [-0.15, -0.1) is 0 Å². The van der Waals surface area contributed by atoms with Crippen molar-refractivity contribution in [3.05, 3.63) is 0 Å². The monoisotopic (exact) mass is 670 g/mol. The molecule has 4 atom stereocenters. The second-order valence-corrected chi connectivity index (χ2v) is 14.7. The van der Waals surface area contributed by atoms with E-state index in [1.165, 1.54) is 148 Å². The van der Waals surface area contributed by atoms with E-state index in [4.69, 9.17) is 0 Å². The Morgan fingerprint density at radius 1 is 0.447 bits per heavy atom. The van der Waals surface area contributed by atoms with Gasteiger partial charge in [-0.3, -0.25) is 4.79 Å². The SMILES string of the molecule is CCCCCCCCCCCCCCCCCCCCCCCCCCCCC(O)C(=O)NC(CO)C(O)C(O)CCCCCCC. The van der Waals surface area contributed by atoms with Crippen LogP contribution in [0.1, 0.15) is 226 Å². The van der Waals surface area contributed by atoms with Crippen LogP contribution in [-0.2, 0) is 4.79 Å². The van der Waals surface area contributed by atoms with Gasteiger partial charge in [0, 0.05) is 0 Å². The molecule has 0 aromatic heterocycles. The first-order valence-electron chi connectivity index (χ1n) is 20.9. The molecule has 5 N–H and O–H groups in total. The van der Waals surface area contributed by atoms with Crippen molar-refractivity contribution in [3.63, 3.8) is 0 Å². The summed E-state index contributed by atoms with van der Waals surface area (Å²) < 4.78 is 0. The van der Waals surface area contributed by atoms with Gasteiger partial charge >= 0.3 is 0 Å². The largest absolute Gasteiger partial charge is 0.394 e. The quantitative estimate of drug-likeness (QED) is 0.0420. The lowest BCUT2D eigenvalue weighted by Crippen LogP contribution is -2.53. The smallest absolute Gasteiger partial charge is 0.249 e. The molecule has 0 fully saturated rings. The second-order valence-electron chi connectivity index (χ2n) is 14.7. The fourth-order valence-electron chi connectivity index (χ4n) is 6.70. The summed E-state index contributed by atoms with van der Waals surface area (Å²) in [6.45, 7) is 3.96. The van der Waals surface area contributed by atoms with Gasteiger partial charge in [0.25, 0.3) is 0 Å². The molecule has 1 amide bonds. The van der Waals surface area contributed by atoms with Crippen molar-refractivity contribution in [2.45, 2.75) is 250 Å². The minimum Gasteiger partial charge on any atom is -0.394 e. The Balaban J connectivity index is 3.50. The molecule has 0 aliphatic heterocycles. The van der Waals surface area contributed by atoms with Crippen LogP contribution in [0, 0.1) is 0 Å². The van der Waals surface area contributed by atoms with E-state index in [-0.39, 0.29) is 0 Å². The van der Waals surface area contributed by atoms with E-state index < -0.39 is 36.9 Å². The first kappa shape index (κ1) is 46.3. The lowest BCUT2D eigenvalue weighted by atomic mass is 9.99. The molecule has 0 aromatic rings. The maximum atomic E-state index is 12.4. The lowest BCUT2D eigenvalue weighted by molar-refractivity contribution is -0.132. The Morgan fingerprint density at radius 3 is 1.02 bits per heavy atom. The third-order valence-corrected chi connectivity index (χ3v) is 10.1. The number of carbonyl (C=O) groups is 1. The molecule has 0 spiro atoms. The summed E-state index contributed by atoms with van der Waals surface area (Å²) >= 11 is 0. The molecule has 4 unspecified atom stereocenters. The van der Waals surface area contributed by atoms with E-state index >= 15 is 0 Å². The molecule has 47 heavy (non-hydrogen) atoms. The van der Waals surface area contributed by atoms with Crippen LogP contribution in [-0.4, -0.2) is 57.3 Å². The maximum absolute atomic E-state index is 12.4. The van der Waals surface area contributed by atoms with Crippen LogP contribution in [0.3, 0.4) is 0 Å². The Hall–Kier alpha value is -0.690. The second kappa shape index (κ2) is 36.6. The standard InChI is InChI=1S/C41H83NO5/c1-3-5-7-9-10-11-12-13-14-15-16-17-18-19-20-21-22-23-24-25-26-27-28-29-31-33-35-39(45)41(47)42-37(36-43)40(46)38(44)34-32-30-8-6-4-2/h37-40,43-46H,3-36H2,1-2H3,(H,42,47). The van der Waals surface area contributed by atoms with Crippen LogP contribution < -0.4 is 5.32 Å². The van der Waals surface area contributed by atoms with E-state index in [1.54, 1.807) is 0 Å². The molecule has 0 aliphatic carbocycles. The third kappa shape index (κ3) is 31.1. The zero-order valence-electron chi connectivity index (χ0n) is 31.5. The summed E-state index contributed by atoms with van der Waals surface area (Å²) in [4.78, 5) is 12.4. The number of hydrogen-bond donors (Lipinski definition) is 5. The minimum absolute atomic E-state index is 0.374. The predicted molar refractivity (Wildman–Crippen MR) is 201 cm³/mol. The highest BCUT2D eigenvalue weighted by molar-refractivity contribution is 5.80. The summed E-state index contributed by atoms with van der Waals surface area (Å²) in [6.07, 6.45) is 37.7.